The van der Waals surface area contributed by atoms with Crippen LogP contribution in [0.4, 0.5) is 0 Å². The van der Waals surface area contributed by atoms with Gasteiger partial charge in [-0.25, -0.2) is 0 Å². The highest BCUT2D eigenvalue weighted by atomic mass is 28.4. The maximum atomic E-state index is 13.4. The lowest BCUT2D eigenvalue weighted by molar-refractivity contribution is -0.357. The zero-order valence-corrected chi connectivity index (χ0v) is 44.0. The summed E-state index contributed by atoms with van der Waals surface area (Å²) >= 11 is 0. The number of benzene rings is 5. The molecule has 2 aliphatic heterocycles. The summed E-state index contributed by atoms with van der Waals surface area (Å²) in [5.74, 6) is -0.946. The second-order valence-corrected chi connectivity index (χ2v) is 24.9. The van der Waals surface area contributed by atoms with E-state index in [2.05, 4.69) is 39.2 Å². The molecule has 1 N–H and O–H groups in total. The van der Waals surface area contributed by atoms with Gasteiger partial charge < -0.3 is 52.4 Å². The smallest absolute Gasteiger partial charge is 0.303 e. The molecule has 7 rings (SSSR count). The lowest BCUT2D eigenvalue weighted by atomic mass is 9.94. The molecule has 0 spiro atoms. The predicted octanol–water partition coefficient (Wildman–Crippen LogP) is 9.78. The molecule has 2 saturated heterocycles. The van der Waals surface area contributed by atoms with Crippen LogP contribution in [0.3, 0.4) is 0 Å². The van der Waals surface area contributed by atoms with Crippen LogP contribution in [0.5, 0.6) is 0 Å². The minimum absolute atomic E-state index is 0.0608. The first-order valence-corrected chi connectivity index (χ1v) is 27.8. The summed E-state index contributed by atoms with van der Waals surface area (Å²) in [6, 6.07) is 46.2. The van der Waals surface area contributed by atoms with Gasteiger partial charge in [0, 0.05) is 13.8 Å². The van der Waals surface area contributed by atoms with Crippen LogP contribution < -0.4 is 5.32 Å². The lowest BCUT2D eigenvalue weighted by Gasteiger charge is -2.50. The maximum Gasteiger partial charge on any atom is 0.303 e. The number of nitrogens with one attached hydrogen (secondary N) is 1. The molecular weight excluding hydrogens is 931 g/mol. The van der Waals surface area contributed by atoms with Crippen molar-refractivity contribution in [2.75, 3.05) is 13.2 Å². The highest BCUT2D eigenvalue weighted by Gasteiger charge is 2.56. The van der Waals surface area contributed by atoms with Gasteiger partial charge in [-0.05, 0) is 52.9 Å². The van der Waals surface area contributed by atoms with Crippen LogP contribution in [-0.2, 0) is 89.7 Å². The fourth-order valence-electron chi connectivity index (χ4n) is 8.45. The van der Waals surface area contributed by atoms with Crippen LogP contribution in [0.2, 0.25) is 18.1 Å². The Hall–Kier alpha value is -5.10. The van der Waals surface area contributed by atoms with E-state index in [9.17, 15) is 9.59 Å². The van der Waals surface area contributed by atoms with Gasteiger partial charge >= 0.3 is 5.97 Å². The Kier molecular flexibility index (Phi) is 19.9. The number of carbonyl (C=O) groups is 2. The van der Waals surface area contributed by atoms with Crippen molar-refractivity contribution in [2.45, 2.75) is 154 Å². The molecule has 72 heavy (non-hydrogen) atoms. The number of carbonyl (C=O) groups excluding carboxylic acids is 2. The molecule has 10 atom stereocenters. The standard InChI is InChI=1S/C58H73NO12Si/c1-40-29-31-47(32-30-40)33-62-38-48-51(63-34-43-21-13-9-14-22-43)53(50(59-41(2)60)56(69-48)66-37-46-27-19-12-20-28-46)71-57-55(68-42(3)61)54(65-36-45-25-17-11-18-26-45)52(64-35-44-23-15-10-16-24-44)49(70-57)39-67-72(7,8)58(4,5)6/h9-32,48-57H,33-39H2,1-8H3,(H,59,60)/t48-,49-,50-,51-,52-,53-,54+,55-,56-,57+/m1/s1. The van der Waals surface area contributed by atoms with Crippen molar-refractivity contribution in [2.24, 2.45) is 0 Å². The molecule has 0 saturated carbocycles. The van der Waals surface area contributed by atoms with Crippen LogP contribution in [0.15, 0.2) is 146 Å². The minimum atomic E-state index is -2.40. The predicted molar refractivity (Wildman–Crippen MR) is 276 cm³/mol. The molecule has 0 aliphatic carbocycles. The Morgan fingerprint density at radius 2 is 0.958 bits per heavy atom. The van der Waals surface area contributed by atoms with E-state index in [-0.39, 0.29) is 50.6 Å². The van der Waals surface area contributed by atoms with Crippen molar-refractivity contribution >= 4 is 20.2 Å². The number of rotatable bonds is 23. The first-order chi connectivity index (χ1) is 34.6. The lowest BCUT2D eigenvalue weighted by Crippen LogP contribution is -2.69. The Labute approximate surface area is 426 Å². The average Bonchev–Trinajstić information content (AvgIpc) is 3.36. The van der Waals surface area contributed by atoms with Gasteiger partial charge in [-0.1, -0.05) is 172 Å². The second kappa shape index (κ2) is 26.2. The summed E-state index contributed by atoms with van der Waals surface area (Å²) in [4.78, 5) is 26.9. The zero-order valence-electron chi connectivity index (χ0n) is 43.0. The summed E-state index contributed by atoms with van der Waals surface area (Å²) in [7, 11) is -2.40. The molecule has 5 aromatic rings. The number of esters is 1. The Bertz CT molecular complexity index is 2390. The van der Waals surface area contributed by atoms with Crippen LogP contribution in [0.1, 0.15) is 68.0 Å². The molecule has 2 heterocycles. The third kappa shape index (κ3) is 15.7. The van der Waals surface area contributed by atoms with E-state index in [1.54, 1.807) is 0 Å². The van der Waals surface area contributed by atoms with Gasteiger partial charge in [0.2, 0.25) is 5.91 Å². The quantitative estimate of drug-likeness (QED) is 0.0493. The fraction of sp³-hybridized carbons (Fsp3) is 0.448. The van der Waals surface area contributed by atoms with E-state index in [1.165, 1.54) is 13.8 Å². The Morgan fingerprint density at radius 1 is 0.528 bits per heavy atom. The van der Waals surface area contributed by atoms with Crippen molar-refractivity contribution in [3.05, 3.63) is 179 Å². The molecule has 5 aromatic carbocycles. The van der Waals surface area contributed by atoms with Crippen LogP contribution >= 0.6 is 0 Å². The summed E-state index contributed by atoms with van der Waals surface area (Å²) in [6.45, 7) is 16.8. The number of amides is 1. The SMILES string of the molecule is CC(=O)N[C@H]1[C@H](OCc2ccccc2)O[C@H](COCc2ccc(C)cc2)[C@@H](OCc2ccccc2)[C@@H]1O[C@@H]1O[C@H](CO[Si](C)(C)C(C)(C)C)[C@@H](OCc2ccccc2)[C@H](OCc2ccccc2)[C@H]1OC(C)=O. The van der Waals surface area contributed by atoms with E-state index in [4.69, 9.17) is 47.1 Å². The van der Waals surface area contributed by atoms with Crippen molar-refractivity contribution in [3.8, 4) is 0 Å². The molecule has 0 bridgehead atoms. The molecule has 0 radical (unpaired) electrons. The van der Waals surface area contributed by atoms with E-state index in [0.29, 0.717) is 6.61 Å². The van der Waals surface area contributed by atoms with Gasteiger partial charge in [0.15, 0.2) is 27.0 Å². The monoisotopic (exact) mass is 1000 g/mol. The van der Waals surface area contributed by atoms with E-state index in [0.717, 1.165) is 33.4 Å². The first-order valence-electron chi connectivity index (χ1n) is 24.9. The molecule has 0 aromatic heterocycles. The summed E-state index contributed by atoms with van der Waals surface area (Å²) in [6.07, 6.45) is -8.99. The topological polar surface area (TPSA) is 138 Å². The molecular formula is C58H73NO12Si. The first kappa shape index (κ1) is 54.7. The molecule has 386 valence electrons. The number of hydrogen-bond donors (Lipinski definition) is 1. The van der Waals surface area contributed by atoms with Gasteiger partial charge in [0.1, 0.15) is 42.7 Å². The number of ether oxygens (including phenoxy) is 9. The fourth-order valence-corrected chi connectivity index (χ4v) is 9.47. The zero-order chi connectivity index (χ0) is 51.1. The van der Waals surface area contributed by atoms with Crippen molar-refractivity contribution in [1.82, 2.24) is 5.32 Å². The molecule has 13 nitrogen and oxygen atoms in total. The normalized spacial score (nSPS) is 24.6. The Balaban J connectivity index is 1.31. The van der Waals surface area contributed by atoms with E-state index >= 15 is 0 Å². The second-order valence-electron chi connectivity index (χ2n) is 20.1. The van der Waals surface area contributed by atoms with Gasteiger partial charge in [-0.15, -0.1) is 0 Å². The van der Waals surface area contributed by atoms with Crippen molar-refractivity contribution in [1.29, 1.82) is 0 Å². The highest BCUT2D eigenvalue weighted by Crippen LogP contribution is 2.39. The molecule has 1 amide bonds. The molecule has 14 heteroatoms. The van der Waals surface area contributed by atoms with Gasteiger partial charge in [-0.3, -0.25) is 9.59 Å². The van der Waals surface area contributed by atoms with Crippen LogP contribution in [0.25, 0.3) is 0 Å². The summed E-state index contributed by atoms with van der Waals surface area (Å²) in [5, 5.41) is 2.97. The van der Waals surface area contributed by atoms with Crippen molar-refractivity contribution in [3.63, 3.8) is 0 Å². The molecule has 2 aliphatic rings. The summed E-state index contributed by atoms with van der Waals surface area (Å²) in [5.41, 5.74) is 5.74. The van der Waals surface area contributed by atoms with Crippen molar-refractivity contribution < 1.29 is 56.6 Å². The van der Waals surface area contributed by atoms with Crippen LogP contribution in [-0.4, -0.2) is 94.8 Å². The van der Waals surface area contributed by atoms with E-state index < -0.39 is 75.6 Å². The average molecular weight is 1000 g/mol. The molecule has 2 fully saturated rings. The maximum absolute atomic E-state index is 13.4. The minimum Gasteiger partial charge on any atom is -0.454 e. The van der Waals surface area contributed by atoms with Gasteiger partial charge in [-0.2, -0.15) is 0 Å². The number of hydrogen-bond acceptors (Lipinski definition) is 12. The van der Waals surface area contributed by atoms with E-state index in [1.807, 2.05) is 153 Å². The van der Waals surface area contributed by atoms with Gasteiger partial charge in [0.05, 0.1) is 46.2 Å². The third-order valence-electron chi connectivity index (χ3n) is 13.4. The van der Waals surface area contributed by atoms with Crippen LogP contribution in [0, 0.1) is 6.92 Å². The summed E-state index contributed by atoms with van der Waals surface area (Å²) < 4.78 is 68.3. The largest absolute Gasteiger partial charge is 0.454 e. The number of aryl methyl sites for hydroxylation is 1. The molecule has 0 unspecified atom stereocenters. The van der Waals surface area contributed by atoms with Gasteiger partial charge in [0.25, 0.3) is 0 Å². The third-order valence-corrected chi connectivity index (χ3v) is 17.9. The highest BCUT2D eigenvalue weighted by molar-refractivity contribution is 6.74. The Morgan fingerprint density at radius 3 is 1.43 bits per heavy atom.